The quantitative estimate of drug-likeness (QED) is 0.940. The van der Waals surface area contributed by atoms with Crippen molar-refractivity contribution in [1.29, 1.82) is 5.26 Å². The Morgan fingerprint density at radius 1 is 1.22 bits per heavy atom. The van der Waals surface area contributed by atoms with Gasteiger partial charge in [0.05, 0.1) is 17.0 Å². The summed E-state index contributed by atoms with van der Waals surface area (Å²) in [5.74, 6) is -0.389. The highest BCUT2D eigenvalue weighted by Crippen LogP contribution is 2.44. The Morgan fingerprint density at radius 2 is 2.00 bits per heavy atom. The summed E-state index contributed by atoms with van der Waals surface area (Å²) in [6.45, 7) is 0.366. The lowest BCUT2D eigenvalue weighted by Crippen LogP contribution is -2.49. The highest BCUT2D eigenvalue weighted by Gasteiger charge is 2.45. The summed E-state index contributed by atoms with van der Waals surface area (Å²) in [6.07, 6.45) is 2.44. The van der Waals surface area contributed by atoms with Crippen molar-refractivity contribution in [3.05, 3.63) is 71.0 Å². The lowest BCUT2D eigenvalue weighted by Gasteiger charge is -2.40. The largest absolute Gasteiger partial charge is 0.351 e. The zero-order valence-corrected chi connectivity index (χ0v) is 12.7. The van der Waals surface area contributed by atoms with Crippen molar-refractivity contribution in [1.82, 2.24) is 5.32 Å². The van der Waals surface area contributed by atoms with Crippen molar-refractivity contribution in [3.8, 4) is 6.07 Å². The maximum absolute atomic E-state index is 13.5. The second-order valence-corrected chi connectivity index (χ2v) is 5.94. The molecule has 1 amide bonds. The van der Waals surface area contributed by atoms with E-state index in [9.17, 15) is 9.18 Å². The minimum atomic E-state index is -0.616. The Morgan fingerprint density at radius 3 is 2.65 bits per heavy atom. The van der Waals surface area contributed by atoms with E-state index in [4.69, 9.17) is 5.26 Å². The van der Waals surface area contributed by atoms with Gasteiger partial charge in [-0.05, 0) is 48.2 Å². The number of halogens is 1. The number of benzene rings is 2. The predicted octanol–water partition coefficient (Wildman–Crippen LogP) is 3.44. The van der Waals surface area contributed by atoms with Gasteiger partial charge in [-0.1, -0.05) is 30.7 Å². The highest BCUT2D eigenvalue weighted by molar-refractivity contribution is 5.89. The van der Waals surface area contributed by atoms with Crippen molar-refractivity contribution in [2.75, 3.05) is 0 Å². The molecule has 0 atom stereocenters. The molecule has 3 nitrogen and oxygen atoms in total. The van der Waals surface area contributed by atoms with E-state index in [1.54, 1.807) is 24.3 Å². The molecule has 0 aromatic heterocycles. The number of carbonyl (C=O) groups is 1. The summed E-state index contributed by atoms with van der Waals surface area (Å²) in [5.41, 5.74) is 1.58. The molecule has 2 aromatic rings. The van der Waals surface area contributed by atoms with Gasteiger partial charge in [0.15, 0.2) is 0 Å². The minimum absolute atomic E-state index is 0.0725. The first kappa shape index (κ1) is 15.2. The van der Waals surface area contributed by atoms with E-state index < -0.39 is 5.41 Å². The van der Waals surface area contributed by atoms with Crippen LogP contribution in [0.1, 0.15) is 36.0 Å². The monoisotopic (exact) mass is 308 g/mol. The van der Waals surface area contributed by atoms with Crippen molar-refractivity contribution in [2.45, 2.75) is 31.2 Å². The van der Waals surface area contributed by atoms with E-state index in [-0.39, 0.29) is 11.7 Å². The van der Waals surface area contributed by atoms with Crippen LogP contribution in [-0.2, 0) is 16.8 Å². The van der Waals surface area contributed by atoms with Gasteiger partial charge in [-0.15, -0.1) is 0 Å². The fourth-order valence-corrected chi connectivity index (χ4v) is 3.07. The normalized spacial score (nSPS) is 15.3. The van der Waals surface area contributed by atoms with Crippen molar-refractivity contribution in [2.24, 2.45) is 0 Å². The topological polar surface area (TPSA) is 52.9 Å². The molecule has 3 rings (SSSR count). The molecule has 2 aromatic carbocycles. The number of rotatable bonds is 4. The molecule has 0 spiro atoms. The molecule has 1 aliphatic carbocycles. The standard InChI is InChI=1S/C19H17FN2O/c20-17-7-2-6-16(11-17)19(8-3-9-19)18(23)22-13-15-5-1-4-14(10-15)12-21/h1-2,4-7,10-11H,3,8-9,13H2,(H,22,23). The van der Waals surface area contributed by atoms with Crippen LogP contribution in [0.15, 0.2) is 48.5 Å². The number of amides is 1. The molecule has 116 valence electrons. The molecule has 1 N–H and O–H groups in total. The van der Waals surface area contributed by atoms with E-state index in [1.807, 2.05) is 12.1 Å². The second-order valence-electron chi connectivity index (χ2n) is 5.94. The molecule has 1 saturated carbocycles. The van der Waals surface area contributed by atoms with Gasteiger partial charge in [0.2, 0.25) is 5.91 Å². The van der Waals surface area contributed by atoms with Gasteiger partial charge >= 0.3 is 0 Å². The molecule has 0 radical (unpaired) electrons. The van der Waals surface area contributed by atoms with Crippen LogP contribution in [0.25, 0.3) is 0 Å². The Balaban J connectivity index is 1.75. The Hall–Kier alpha value is -2.67. The van der Waals surface area contributed by atoms with E-state index >= 15 is 0 Å². The first-order chi connectivity index (χ1) is 11.1. The van der Waals surface area contributed by atoms with E-state index in [0.717, 1.165) is 30.4 Å². The van der Waals surface area contributed by atoms with Gasteiger partial charge in [0, 0.05) is 6.54 Å². The maximum Gasteiger partial charge on any atom is 0.230 e. The minimum Gasteiger partial charge on any atom is -0.351 e. The first-order valence-corrected chi connectivity index (χ1v) is 7.67. The summed E-state index contributed by atoms with van der Waals surface area (Å²) in [5, 5.41) is 11.9. The third-order valence-corrected chi connectivity index (χ3v) is 4.53. The van der Waals surface area contributed by atoms with Crippen LogP contribution in [0.2, 0.25) is 0 Å². The Kier molecular flexibility index (Phi) is 4.12. The molecule has 23 heavy (non-hydrogen) atoms. The number of hydrogen-bond donors (Lipinski definition) is 1. The summed E-state index contributed by atoms with van der Waals surface area (Å²) in [7, 11) is 0. The number of hydrogen-bond acceptors (Lipinski definition) is 2. The smallest absolute Gasteiger partial charge is 0.230 e. The van der Waals surface area contributed by atoms with Gasteiger partial charge in [-0.2, -0.15) is 5.26 Å². The maximum atomic E-state index is 13.5. The Labute approximate surface area is 134 Å². The van der Waals surface area contributed by atoms with Crippen LogP contribution in [0.3, 0.4) is 0 Å². The molecule has 0 unspecified atom stereocenters. The van der Waals surface area contributed by atoms with E-state index in [1.165, 1.54) is 12.1 Å². The van der Waals surface area contributed by atoms with E-state index in [2.05, 4.69) is 11.4 Å². The molecule has 1 fully saturated rings. The second kappa shape index (κ2) is 6.21. The SMILES string of the molecule is N#Cc1cccc(CNC(=O)C2(c3cccc(F)c3)CCC2)c1. The van der Waals surface area contributed by atoms with Crippen LogP contribution >= 0.6 is 0 Å². The zero-order chi connectivity index (χ0) is 16.3. The third-order valence-electron chi connectivity index (χ3n) is 4.53. The molecule has 0 heterocycles. The highest BCUT2D eigenvalue weighted by atomic mass is 19.1. The first-order valence-electron chi connectivity index (χ1n) is 7.67. The zero-order valence-electron chi connectivity index (χ0n) is 12.7. The number of nitriles is 1. The molecular formula is C19H17FN2O. The van der Waals surface area contributed by atoms with Crippen molar-refractivity contribution >= 4 is 5.91 Å². The number of nitrogens with zero attached hydrogens (tertiary/aromatic N) is 1. The number of carbonyl (C=O) groups excluding carboxylic acids is 1. The summed E-state index contributed by atoms with van der Waals surface area (Å²) in [4.78, 5) is 12.7. The van der Waals surface area contributed by atoms with Gasteiger partial charge in [-0.25, -0.2) is 4.39 Å². The van der Waals surface area contributed by atoms with Crippen molar-refractivity contribution < 1.29 is 9.18 Å². The van der Waals surface area contributed by atoms with Gasteiger partial charge in [0.25, 0.3) is 0 Å². The Bertz CT molecular complexity index is 775. The fourth-order valence-electron chi connectivity index (χ4n) is 3.07. The molecule has 0 aliphatic heterocycles. The lowest BCUT2D eigenvalue weighted by molar-refractivity contribution is -0.130. The lowest BCUT2D eigenvalue weighted by atomic mass is 9.64. The van der Waals surface area contributed by atoms with Crippen LogP contribution in [0.5, 0.6) is 0 Å². The average molecular weight is 308 g/mol. The van der Waals surface area contributed by atoms with Crippen LogP contribution < -0.4 is 5.32 Å². The van der Waals surface area contributed by atoms with Gasteiger partial charge < -0.3 is 5.32 Å². The molecule has 0 bridgehead atoms. The predicted molar refractivity (Wildman–Crippen MR) is 84.9 cm³/mol. The number of nitrogens with one attached hydrogen (secondary N) is 1. The van der Waals surface area contributed by atoms with Gasteiger partial charge in [0.1, 0.15) is 5.82 Å². The summed E-state index contributed by atoms with van der Waals surface area (Å²) in [6, 6.07) is 15.6. The molecular weight excluding hydrogens is 291 g/mol. The van der Waals surface area contributed by atoms with Crippen LogP contribution in [0.4, 0.5) is 4.39 Å². The third kappa shape index (κ3) is 2.95. The summed E-state index contributed by atoms with van der Waals surface area (Å²) < 4.78 is 13.5. The van der Waals surface area contributed by atoms with E-state index in [0.29, 0.717) is 12.1 Å². The van der Waals surface area contributed by atoms with Crippen molar-refractivity contribution in [3.63, 3.8) is 0 Å². The van der Waals surface area contributed by atoms with Gasteiger partial charge in [-0.3, -0.25) is 4.79 Å². The summed E-state index contributed by atoms with van der Waals surface area (Å²) >= 11 is 0. The van der Waals surface area contributed by atoms with Crippen LogP contribution in [0, 0.1) is 17.1 Å². The fraction of sp³-hybridized carbons (Fsp3) is 0.263. The molecule has 4 heteroatoms. The molecule has 0 saturated heterocycles. The van der Waals surface area contributed by atoms with Crippen LogP contribution in [-0.4, -0.2) is 5.91 Å². The average Bonchev–Trinajstić information content (AvgIpc) is 2.52. The molecule has 1 aliphatic rings.